The Hall–Kier alpha value is -2.41. The van der Waals surface area contributed by atoms with Crippen molar-refractivity contribution in [2.45, 2.75) is 27.3 Å². The van der Waals surface area contributed by atoms with Crippen molar-refractivity contribution < 1.29 is 4.74 Å². The monoisotopic (exact) mass is 346 g/mol. The summed E-state index contributed by atoms with van der Waals surface area (Å²) in [5, 5.41) is 7.98. The molecule has 0 amide bonds. The maximum absolute atomic E-state index is 6.24. The Morgan fingerprint density at radius 1 is 1.29 bits per heavy atom. The van der Waals surface area contributed by atoms with Gasteiger partial charge in [-0.1, -0.05) is 25.4 Å². The maximum Gasteiger partial charge on any atom is 0.254 e. The summed E-state index contributed by atoms with van der Waals surface area (Å²) in [6.07, 6.45) is 3.23. The van der Waals surface area contributed by atoms with Crippen LogP contribution in [0.3, 0.4) is 0 Å². The zero-order valence-corrected chi connectivity index (χ0v) is 14.6. The fourth-order valence-corrected chi connectivity index (χ4v) is 2.41. The highest BCUT2D eigenvalue weighted by molar-refractivity contribution is 6.31. The van der Waals surface area contributed by atoms with Crippen LogP contribution in [-0.4, -0.2) is 31.2 Å². The molecule has 3 aromatic heterocycles. The van der Waals surface area contributed by atoms with Gasteiger partial charge in [0.05, 0.1) is 6.61 Å². The summed E-state index contributed by atoms with van der Waals surface area (Å²) in [5.41, 5.74) is 1.81. The summed E-state index contributed by atoms with van der Waals surface area (Å²) in [5.74, 6) is 2.26. The first-order valence-corrected chi connectivity index (χ1v) is 8.09. The number of hydrogen-bond acceptors (Lipinski definition) is 6. The molecule has 0 saturated heterocycles. The summed E-state index contributed by atoms with van der Waals surface area (Å²) in [7, 11) is 0. The van der Waals surface area contributed by atoms with Crippen LogP contribution in [0.2, 0.25) is 5.02 Å². The molecule has 3 aromatic rings. The van der Waals surface area contributed by atoms with Crippen LogP contribution in [0.4, 0.5) is 5.82 Å². The van der Waals surface area contributed by atoms with Gasteiger partial charge in [-0.2, -0.15) is 14.6 Å². The molecule has 3 heterocycles. The van der Waals surface area contributed by atoms with E-state index in [2.05, 4.69) is 39.2 Å². The summed E-state index contributed by atoms with van der Waals surface area (Å²) >= 11 is 6.24. The summed E-state index contributed by atoms with van der Waals surface area (Å²) in [6, 6.07) is 3.76. The molecule has 24 heavy (non-hydrogen) atoms. The fourth-order valence-electron chi connectivity index (χ4n) is 2.16. The van der Waals surface area contributed by atoms with Crippen molar-refractivity contribution in [1.29, 1.82) is 0 Å². The van der Waals surface area contributed by atoms with Gasteiger partial charge in [-0.25, -0.2) is 9.97 Å². The van der Waals surface area contributed by atoms with Gasteiger partial charge in [-0.05, 0) is 24.5 Å². The number of ether oxygens (including phenoxy) is 1. The van der Waals surface area contributed by atoms with Crippen molar-refractivity contribution in [2.75, 3.05) is 11.9 Å². The van der Waals surface area contributed by atoms with E-state index in [0.717, 1.165) is 17.1 Å². The van der Waals surface area contributed by atoms with Gasteiger partial charge in [0.25, 0.3) is 5.78 Å². The van der Waals surface area contributed by atoms with Gasteiger partial charge in [0.15, 0.2) is 0 Å². The molecule has 7 nitrogen and oxygen atoms in total. The van der Waals surface area contributed by atoms with E-state index in [1.807, 2.05) is 19.1 Å². The topological polar surface area (TPSA) is 77.2 Å². The molecule has 0 aliphatic heterocycles. The van der Waals surface area contributed by atoms with E-state index in [1.165, 1.54) is 6.33 Å². The van der Waals surface area contributed by atoms with Crippen LogP contribution < -0.4 is 10.1 Å². The molecule has 0 atom stereocenters. The number of halogens is 1. The molecule has 0 aromatic carbocycles. The molecule has 126 valence electrons. The van der Waals surface area contributed by atoms with E-state index < -0.39 is 0 Å². The smallest absolute Gasteiger partial charge is 0.254 e. The van der Waals surface area contributed by atoms with Crippen LogP contribution in [0.1, 0.15) is 25.1 Å². The highest BCUT2D eigenvalue weighted by Gasteiger charge is 2.08. The maximum atomic E-state index is 6.24. The van der Waals surface area contributed by atoms with E-state index in [4.69, 9.17) is 16.3 Å². The quantitative estimate of drug-likeness (QED) is 0.739. The van der Waals surface area contributed by atoms with Crippen LogP contribution in [-0.2, 0) is 6.54 Å². The third kappa shape index (κ3) is 3.73. The van der Waals surface area contributed by atoms with E-state index in [1.54, 1.807) is 10.7 Å². The average molecular weight is 347 g/mol. The summed E-state index contributed by atoms with van der Waals surface area (Å²) in [4.78, 5) is 12.7. The number of aryl methyl sites for hydroxylation is 1. The highest BCUT2D eigenvalue weighted by atomic mass is 35.5. The second-order valence-electron chi connectivity index (χ2n) is 5.94. The Morgan fingerprint density at radius 2 is 2.12 bits per heavy atom. The number of nitrogens with zero attached hydrogens (tertiary/aromatic N) is 5. The number of fused-ring (bicyclic) bond motifs is 1. The fraction of sp³-hybridized carbons (Fsp3) is 0.375. The Labute approximate surface area is 145 Å². The van der Waals surface area contributed by atoms with Crippen molar-refractivity contribution in [3.8, 4) is 5.88 Å². The van der Waals surface area contributed by atoms with Gasteiger partial charge in [-0.3, -0.25) is 0 Å². The van der Waals surface area contributed by atoms with Gasteiger partial charge < -0.3 is 10.1 Å². The third-order valence-electron chi connectivity index (χ3n) is 3.27. The van der Waals surface area contributed by atoms with Gasteiger partial charge in [0.2, 0.25) is 5.88 Å². The zero-order chi connectivity index (χ0) is 17.1. The molecule has 0 aliphatic carbocycles. The van der Waals surface area contributed by atoms with Crippen molar-refractivity contribution in [2.24, 2.45) is 5.92 Å². The summed E-state index contributed by atoms with van der Waals surface area (Å²) < 4.78 is 7.24. The Morgan fingerprint density at radius 3 is 2.88 bits per heavy atom. The number of rotatable bonds is 6. The third-order valence-corrected chi connectivity index (χ3v) is 3.54. The van der Waals surface area contributed by atoms with Crippen LogP contribution in [0.25, 0.3) is 5.78 Å². The largest absolute Gasteiger partial charge is 0.476 e. The summed E-state index contributed by atoms with van der Waals surface area (Å²) in [6.45, 7) is 7.21. The lowest BCUT2D eigenvalue weighted by Crippen LogP contribution is -2.08. The second-order valence-corrected chi connectivity index (χ2v) is 6.35. The van der Waals surface area contributed by atoms with Crippen molar-refractivity contribution in [3.63, 3.8) is 0 Å². The van der Waals surface area contributed by atoms with E-state index in [-0.39, 0.29) is 0 Å². The number of nitrogens with one attached hydrogen (secondary N) is 1. The van der Waals surface area contributed by atoms with Crippen LogP contribution in [0, 0.1) is 12.8 Å². The van der Waals surface area contributed by atoms with Crippen LogP contribution in [0.15, 0.2) is 24.7 Å². The molecule has 0 spiro atoms. The second kappa shape index (κ2) is 7.00. The van der Waals surface area contributed by atoms with Crippen LogP contribution in [0.5, 0.6) is 5.88 Å². The predicted molar refractivity (Wildman–Crippen MR) is 92.4 cm³/mol. The molecule has 0 saturated carbocycles. The molecule has 0 radical (unpaired) electrons. The van der Waals surface area contributed by atoms with Crippen molar-refractivity contribution >= 4 is 23.2 Å². The first-order valence-electron chi connectivity index (χ1n) is 7.71. The van der Waals surface area contributed by atoms with E-state index in [9.17, 15) is 0 Å². The SMILES string of the molecule is Cc1cc(NCc2cnc(OCC(C)C)c(Cl)c2)n2ncnc2n1. The number of pyridine rings is 1. The lowest BCUT2D eigenvalue weighted by Gasteiger charge is -2.11. The molecule has 0 bridgehead atoms. The van der Waals surface area contributed by atoms with E-state index in [0.29, 0.717) is 35.7 Å². The molecule has 3 rings (SSSR count). The molecule has 0 aliphatic rings. The average Bonchev–Trinajstić information content (AvgIpc) is 2.99. The lowest BCUT2D eigenvalue weighted by molar-refractivity contribution is 0.261. The Balaban J connectivity index is 1.72. The molecule has 0 unspecified atom stereocenters. The zero-order valence-electron chi connectivity index (χ0n) is 13.8. The Bertz CT molecular complexity index is 848. The molecular weight excluding hydrogens is 328 g/mol. The highest BCUT2D eigenvalue weighted by Crippen LogP contribution is 2.23. The minimum atomic E-state index is 0.421. The molecule has 8 heteroatoms. The predicted octanol–water partition coefficient (Wildman–Crippen LogP) is 3.13. The lowest BCUT2D eigenvalue weighted by atomic mass is 10.2. The van der Waals surface area contributed by atoms with Crippen molar-refractivity contribution in [3.05, 3.63) is 40.9 Å². The van der Waals surface area contributed by atoms with Gasteiger partial charge in [-0.15, -0.1) is 0 Å². The van der Waals surface area contributed by atoms with E-state index >= 15 is 0 Å². The standard InChI is InChI=1S/C16H19ClN6O/c1-10(2)8-24-15-13(17)5-12(7-19-15)6-18-14-4-11(3)22-16-20-9-21-23(14)16/h4-5,7,9-10,18H,6,8H2,1-3H3. The normalized spacial score (nSPS) is 11.2. The minimum Gasteiger partial charge on any atom is -0.476 e. The van der Waals surface area contributed by atoms with Gasteiger partial charge in [0.1, 0.15) is 17.2 Å². The number of hydrogen-bond donors (Lipinski definition) is 1. The molecular formula is C16H19ClN6O. The minimum absolute atomic E-state index is 0.421. The first kappa shape index (κ1) is 16.4. The number of anilines is 1. The Kier molecular flexibility index (Phi) is 4.80. The van der Waals surface area contributed by atoms with Crippen LogP contribution >= 0.6 is 11.6 Å². The van der Waals surface area contributed by atoms with Crippen molar-refractivity contribution in [1.82, 2.24) is 24.6 Å². The first-order chi connectivity index (χ1) is 11.5. The van der Waals surface area contributed by atoms with Gasteiger partial charge in [0, 0.05) is 24.5 Å². The number of aromatic nitrogens is 5. The molecule has 0 fully saturated rings. The molecule has 1 N–H and O–H groups in total. The van der Waals surface area contributed by atoms with Gasteiger partial charge >= 0.3 is 0 Å².